The predicted molar refractivity (Wildman–Crippen MR) is 117 cm³/mol. The standard InChI is InChI=1S/C22H19Cl2N3O3/c1-13-16(23)5-4-6-17(13)27-21(29)18(24)19(22(27)30)25-15-9-7-14(8-10-15)20(28)26-11-2-3-12-26/h4-10,25H,2-3,11-12H2,1H3. The lowest BCUT2D eigenvalue weighted by Gasteiger charge is -2.18. The van der Waals surface area contributed by atoms with Crippen LogP contribution in [0.3, 0.4) is 0 Å². The van der Waals surface area contributed by atoms with Crippen LogP contribution in [0.1, 0.15) is 28.8 Å². The van der Waals surface area contributed by atoms with Gasteiger partial charge in [0.2, 0.25) is 0 Å². The topological polar surface area (TPSA) is 69.7 Å². The number of hydrogen-bond donors (Lipinski definition) is 1. The fourth-order valence-corrected chi connectivity index (χ4v) is 3.99. The van der Waals surface area contributed by atoms with Crippen molar-refractivity contribution < 1.29 is 14.4 Å². The summed E-state index contributed by atoms with van der Waals surface area (Å²) < 4.78 is 0. The Hall–Kier alpha value is -2.83. The van der Waals surface area contributed by atoms with Gasteiger partial charge in [0.05, 0.1) is 5.69 Å². The number of rotatable bonds is 4. The summed E-state index contributed by atoms with van der Waals surface area (Å²) in [4.78, 5) is 40.9. The van der Waals surface area contributed by atoms with Crippen molar-refractivity contribution in [3.05, 3.63) is 69.3 Å². The molecular weight excluding hydrogens is 425 g/mol. The van der Waals surface area contributed by atoms with E-state index < -0.39 is 11.8 Å². The van der Waals surface area contributed by atoms with Crippen LogP contribution in [0.25, 0.3) is 0 Å². The first kappa shape index (κ1) is 20.4. The summed E-state index contributed by atoms with van der Waals surface area (Å²) >= 11 is 12.3. The van der Waals surface area contributed by atoms with Gasteiger partial charge in [-0.3, -0.25) is 14.4 Å². The van der Waals surface area contributed by atoms with Crippen molar-refractivity contribution in [3.8, 4) is 0 Å². The Balaban J connectivity index is 1.54. The van der Waals surface area contributed by atoms with Crippen molar-refractivity contribution >= 4 is 52.3 Å². The quantitative estimate of drug-likeness (QED) is 0.714. The van der Waals surface area contributed by atoms with Crippen LogP contribution in [0.5, 0.6) is 0 Å². The number of nitrogens with one attached hydrogen (secondary N) is 1. The molecule has 0 spiro atoms. The number of benzene rings is 2. The molecular formula is C22H19Cl2N3O3. The number of anilines is 2. The minimum absolute atomic E-state index is 0.00831. The van der Waals surface area contributed by atoms with Crippen LogP contribution in [-0.2, 0) is 9.59 Å². The second-order valence-corrected chi connectivity index (χ2v) is 8.01. The van der Waals surface area contributed by atoms with E-state index in [1.165, 1.54) is 0 Å². The number of halogens is 2. The molecule has 8 heteroatoms. The monoisotopic (exact) mass is 443 g/mol. The highest BCUT2D eigenvalue weighted by Gasteiger charge is 2.39. The molecule has 3 amide bonds. The van der Waals surface area contributed by atoms with Gasteiger partial charge in [0.15, 0.2) is 0 Å². The summed E-state index contributed by atoms with van der Waals surface area (Å²) in [6.45, 7) is 3.28. The van der Waals surface area contributed by atoms with E-state index in [1.54, 1.807) is 49.4 Å². The SMILES string of the molecule is Cc1c(Cl)cccc1N1C(=O)C(Cl)=C(Nc2ccc(C(=O)N3CCCC3)cc2)C1=O. The molecule has 4 rings (SSSR count). The average Bonchev–Trinajstić information content (AvgIpc) is 3.35. The smallest absolute Gasteiger partial charge is 0.283 e. The molecule has 1 N–H and O–H groups in total. The Morgan fingerprint density at radius 1 is 0.967 bits per heavy atom. The molecule has 2 aromatic carbocycles. The predicted octanol–water partition coefficient (Wildman–Crippen LogP) is 4.32. The van der Waals surface area contributed by atoms with E-state index in [9.17, 15) is 14.4 Å². The second-order valence-electron chi connectivity index (χ2n) is 7.22. The van der Waals surface area contributed by atoms with Gasteiger partial charge in [0.25, 0.3) is 17.7 Å². The first-order valence-corrected chi connectivity index (χ1v) is 10.3. The maximum absolute atomic E-state index is 12.9. The number of hydrogen-bond acceptors (Lipinski definition) is 4. The molecule has 154 valence electrons. The molecule has 0 atom stereocenters. The summed E-state index contributed by atoms with van der Waals surface area (Å²) in [6.07, 6.45) is 2.05. The number of amides is 3. The summed E-state index contributed by atoms with van der Waals surface area (Å²) in [5.74, 6) is -1.19. The Kier molecular flexibility index (Phi) is 5.54. The molecule has 2 heterocycles. The Labute approximate surface area is 184 Å². The maximum atomic E-state index is 12.9. The van der Waals surface area contributed by atoms with E-state index in [1.807, 2.05) is 4.90 Å². The molecule has 30 heavy (non-hydrogen) atoms. The van der Waals surface area contributed by atoms with Crippen LogP contribution in [-0.4, -0.2) is 35.7 Å². The number of carbonyl (C=O) groups is 3. The van der Waals surface area contributed by atoms with Crippen molar-refractivity contribution in [1.82, 2.24) is 4.90 Å². The molecule has 2 aliphatic heterocycles. The van der Waals surface area contributed by atoms with E-state index in [2.05, 4.69) is 5.32 Å². The van der Waals surface area contributed by atoms with Crippen LogP contribution in [0.4, 0.5) is 11.4 Å². The third-order valence-electron chi connectivity index (χ3n) is 5.30. The van der Waals surface area contributed by atoms with Crippen molar-refractivity contribution in [2.75, 3.05) is 23.3 Å². The van der Waals surface area contributed by atoms with Crippen LogP contribution in [0.2, 0.25) is 5.02 Å². The van der Waals surface area contributed by atoms with Gasteiger partial charge >= 0.3 is 0 Å². The minimum atomic E-state index is -0.615. The normalized spacial score (nSPS) is 16.6. The van der Waals surface area contributed by atoms with Gasteiger partial charge in [0.1, 0.15) is 10.7 Å². The molecule has 0 radical (unpaired) electrons. The van der Waals surface area contributed by atoms with E-state index >= 15 is 0 Å². The van der Waals surface area contributed by atoms with Gasteiger partial charge in [-0.25, -0.2) is 4.90 Å². The molecule has 0 bridgehead atoms. The number of imide groups is 1. The van der Waals surface area contributed by atoms with Crippen molar-refractivity contribution in [2.45, 2.75) is 19.8 Å². The van der Waals surface area contributed by atoms with Gasteiger partial charge in [-0.2, -0.15) is 0 Å². The maximum Gasteiger partial charge on any atom is 0.283 e. The zero-order chi connectivity index (χ0) is 21.4. The molecule has 0 aliphatic carbocycles. The Bertz CT molecular complexity index is 1070. The van der Waals surface area contributed by atoms with Crippen molar-refractivity contribution in [1.29, 1.82) is 0 Å². The van der Waals surface area contributed by atoms with Crippen LogP contribution in [0.15, 0.2) is 53.2 Å². The minimum Gasteiger partial charge on any atom is -0.350 e. The number of nitrogens with zero attached hydrogens (tertiary/aromatic N) is 2. The largest absolute Gasteiger partial charge is 0.350 e. The highest BCUT2D eigenvalue weighted by atomic mass is 35.5. The number of likely N-dealkylation sites (tertiary alicyclic amines) is 1. The summed E-state index contributed by atoms with van der Waals surface area (Å²) in [5.41, 5.74) is 2.11. The fraction of sp³-hybridized carbons (Fsp3) is 0.227. The lowest BCUT2D eigenvalue weighted by atomic mass is 10.1. The first-order valence-electron chi connectivity index (χ1n) is 9.58. The van der Waals surface area contributed by atoms with E-state index in [4.69, 9.17) is 23.2 Å². The van der Waals surface area contributed by atoms with Gasteiger partial charge in [-0.05, 0) is 61.7 Å². The van der Waals surface area contributed by atoms with Crippen molar-refractivity contribution in [2.24, 2.45) is 0 Å². The van der Waals surface area contributed by atoms with Crippen LogP contribution >= 0.6 is 23.2 Å². The average molecular weight is 444 g/mol. The van der Waals surface area contributed by atoms with Crippen molar-refractivity contribution in [3.63, 3.8) is 0 Å². The van der Waals surface area contributed by atoms with Gasteiger partial charge in [-0.15, -0.1) is 0 Å². The van der Waals surface area contributed by atoms with Gasteiger partial charge in [0, 0.05) is 29.4 Å². The third-order valence-corrected chi connectivity index (χ3v) is 6.06. The summed E-state index contributed by atoms with van der Waals surface area (Å²) in [5, 5.41) is 3.17. The van der Waals surface area contributed by atoms with Crippen LogP contribution in [0, 0.1) is 6.92 Å². The lowest BCUT2D eigenvalue weighted by molar-refractivity contribution is -0.120. The highest BCUT2D eigenvalue weighted by Crippen LogP contribution is 2.34. The third kappa shape index (κ3) is 3.57. The summed E-state index contributed by atoms with van der Waals surface area (Å²) in [7, 11) is 0. The first-order chi connectivity index (χ1) is 14.4. The molecule has 1 saturated heterocycles. The van der Waals surface area contributed by atoms with E-state index in [0.29, 0.717) is 27.5 Å². The summed E-state index contributed by atoms with van der Waals surface area (Å²) in [6, 6.07) is 11.8. The zero-order valence-corrected chi connectivity index (χ0v) is 17.8. The molecule has 2 aromatic rings. The fourth-order valence-electron chi connectivity index (χ4n) is 3.61. The molecule has 6 nitrogen and oxygen atoms in total. The molecule has 0 saturated carbocycles. The lowest BCUT2D eigenvalue weighted by Crippen LogP contribution is -2.32. The van der Waals surface area contributed by atoms with Crippen LogP contribution < -0.4 is 10.2 Å². The van der Waals surface area contributed by atoms with Gasteiger partial charge < -0.3 is 10.2 Å². The Morgan fingerprint density at radius 3 is 2.30 bits per heavy atom. The van der Waals surface area contributed by atoms with E-state index in [0.717, 1.165) is 30.8 Å². The van der Waals surface area contributed by atoms with Gasteiger partial charge in [-0.1, -0.05) is 29.3 Å². The molecule has 2 aliphatic rings. The highest BCUT2D eigenvalue weighted by molar-refractivity contribution is 6.53. The number of carbonyl (C=O) groups excluding carboxylic acids is 3. The zero-order valence-electron chi connectivity index (χ0n) is 16.2. The van der Waals surface area contributed by atoms with E-state index in [-0.39, 0.29) is 16.6 Å². The molecule has 0 aromatic heterocycles. The molecule has 1 fully saturated rings. The molecule has 0 unspecified atom stereocenters. The second kappa shape index (κ2) is 8.13. The Morgan fingerprint density at radius 2 is 1.63 bits per heavy atom.